The second-order valence-electron chi connectivity index (χ2n) is 5.51. The third-order valence-electron chi connectivity index (χ3n) is 2.71. The standard InChI is InChI=1S/C15H20N4/c1-11-5-4-6-12(7-11)13-8-17-14(18-9-13)19-10-15(2,3)16/h4-9H,10,16H2,1-3H3,(H,17,18,19). The van der Waals surface area contributed by atoms with Crippen LogP contribution in [0, 0.1) is 6.92 Å². The van der Waals surface area contributed by atoms with Crippen molar-refractivity contribution in [2.45, 2.75) is 26.3 Å². The summed E-state index contributed by atoms with van der Waals surface area (Å²) in [7, 11) is 0. The summed E-state index contributed by atoms with van der Waals surface area (Å²) in [5, 5.41) is 3.13. The molecule has 1 aromatic heterocycles. The van der Waals surface area contributed by atoms with Gasteiger partial charge >= 0.3 is 0 Å². The van der Waals surface area contributed by atoms with Crippen LogP contribution in [0.4, 0.5) is 5.95 Å². The summed E-state index contributed by atoms with van der Waals surface area (Å²) in [6.07, 6.45) is 3.65. The van der Waals surface area contributed by atoms with E-state index in [0.717, 1.165) is 11.1 Å². The van der Waals surface area contributed by atoms with Crippen molar-refractivity contribution in [2.24, 2.45) is 5.73 Å². The van der Waals surface area contributed by atoms with Crippen LogP contribution >= 0.6 is 0 Å². The quantitative estimate of drug-likeness (QED) is 0.882. The first kappa shape index (κ1) is 13.5. The number of aryl methyl sites for hydroxylation is 1. The second kappa shape index (κ2) is 5.36. The zero-order valence-electron chi connectivity index (χ0n) is 11.6. The fourth-order valence-corrected chi connectivity index (χ4v) is 1.70. The molecule has 0 saturated carbocycles. The van der Waals surface area contributed by atoms with Crippen molar-refractivity contribution in [1.82, 2.24) is 9.97 Å². The Kier molecular flexibility index (Phi) is 3.81. The molecule has 0 spiro atoms. The number of hydrogen-bond donors (Lipinski definition) is 2. The Balaban J connectivity index is 2.10. The molecule has 4 heteroatoms. The van der Waals surface area contributed by atoms with E-state index >= 15 is 0 Å². The van der Waals surface area contributed by atoms with Crippen LogP contribution in [-0.2, 0) is 0 Å². The van der Waals surface area contributed by atoms with E-state index in [9.17, 15) is 0 Å². The Morgan fingerprint density at radius 3 is 2.42 bits per heavy atom. The minimum atomic E-state index is -0.279. The Labute approximate surface area is 114 Å². The summed E-state index contributed by atoms with van der Waals surface area (Å²) in [5.74, 6) is 0.606. The molecule has 2 rings (SSSR count). The maximum atomic E-state index is 5.90. The molecule has 100 valence electrons. The van der Waals surface area contributed by atoms with Crippen LogP contribution in [0.5, 0.6) is 0 Å². The van der Waals surface area contributed by atoms with Crippen molar-refractivity contribution in [3.63, 3.8) is 0 Å². The lowest BCUT2D eigenvalue weighted by Crippen LogP contribution is -2.39. The van der Waals surface area contributed by atoms with Gasteiger partial charge in [0.15, 0.2) is 0 Å². The van der Waals surface area contributed by atoms with Crippen LogP contribution in [0.25, 0.3) is 11.1 Å². The first-order valence-corrected chi connectivity index (χ1v) is 6.36. The molecular weight excluding hydrogens is 236 g/mol. The van der Waals surface area contributed by atoms with Gasteiger partial charge in [-0.2, -0.15) is 0 Å². The Morgan fingerprint density at radius 1 is 1.16 bits per heavy atom. The van der Waals surface area contributed by atoms with Crippen molar-refractivity contribution in [1.29, 1.82) is 0 Å². The van der Waals surface area contributed by atoms with E-state index in [-0.39, 0.29) is 5.54 Å². The molecule has 0 radical (unpaired) electrons. The molecule has 0 atom stereocenters. The molecular formula is C15H20N4. The Bertz CT molecular complexity index is 541. The lowest BCUT2D eigenvalue weighted by Gasteiger charge is -2.18. The predicted octanol–water partition coefficient (Wildman–Crippen LogP) is 2.60. The Hall–Kier alpha value is -1.94. The van der Waals surface area contributed by atoms with Crippen LogP contribution in [0.15, 0.2) is 36.7 Å². The van der Waals surface area contributed by atoms with Crippen molar-refractivity contribution in [3.05, 3.63) is 42.2 Å². The summed E-state index contributed by atoms with van der Waals surface area (Å²) in [4.78, 5) is 8.62. The summed E-state index contributed by atoms with van der Waals surface area (Å²) < 4.78 is 0. The van der Waals surface area contributed by atoms with Gasteiger partial charge in [-0.3, -0.25) is 0 Å². The van der Waals surface area contributed by atoms with Crippen LogP contribution in [0.2, 0.25) is 0 Å². The number of hydrogen-bond acceptors (Lipinski definition) is 4. The highest BCUT2D eigenvalue weighted by atomic mass is 15.1. The maximum Gasteiger partial charge on any atom is 0.222 e. The van der Waals surface area contributed by atoms with E-state index in [2.05, 4.69) is 40.4 Å². The minimum Gasteiger partial charge on any atom is -0.352 e. The van der Waals surface area contributed by atoms with Gasteiger partial charge in [0.1, 0.15) is 0 Å². The topological polar surface area (TPSA) is 63.8 Å². The van der Waals surface area contributed by atoms with E-state index in [1.54, 1.807) is 0 Å². The highest BCUT2D eigenvalue weighted by molar-refractivity contribution is 5.62. The summed E-state index contributed by atoms with van der Waals surface area (Å²) in [6.45, 7) is 6.63. The first-order chi connectivity index (χ1) is 8.94. The molecule has 0 bridgehead atoms. The third kappa shape index (κ3) is 4.03. The molecule has 0 unspecified atom stereocenters. The molecule has 2 aromatic rings. The molecule has 1 aromatic carbocycles. The van der Waals surface area contributed by atoms with Gasteiger partial charge in [0.05, 0.1) is 0 Å². The smallest absolute Gasteiger partial charge is 0.222 e. The van der Waals surface area contributed by atoms with E-state index in [1.807, 2.05) is 32.3 Å². The lowest BCUT2D eigenvalue weighted by molar-refractivity contribution is 0.547. The summed E-state index contributed by atoms with van der Waals surface area (Å²) in [6, 6.07) is 8.29. The van der Waals surface area contributed by atoms with Crippen molar-refractivity contribution in [3.8, 4) is 11.1 Å². The number of rotatable bonds is 4. The zero-order chi connectivity index (χ0) is 13.9. The third-order valence-corrected chi connectivity index (χ3v) is 2.71. The molecule has 0 aliphatic rings. The number of nitrogens with one attached hydrogen (secondary N) is 1. The molecule has 0 amide bonds. The summed E-state index contributed by atoms with van der Waals surface area (Å²) >= 11 is 0. The highest BCUT2D eigenvalue weighted by Gasteiger charge is 2.10. The van der Waals surface area contributed by atoms with E-state index in [0.29, 0.717) is 12.5 Å². The van der Waals surface area contributed by atoms with Gasteiger partial charge in [-0.05, 0) is 26.3 Å². The van der Waals surface area contributed by atoms with Gasteiger partial charge in [-0.15, -0.1) is 0 Å². The molecule has 0 aliphatic carbocycles. The van der Waals surface area contributed by atoms with Crippen LogP contribution < -0.4 is 11.1 Å². The highest BCUT2D eigenvalue weighted by Crippen LogP contribution is 2.19. The molecule has 1 heterocycles. The SMILES string of the molecule is Cc1cccc(-c2cnc(NCC(C)(C)N)nc2)c1. The molecule has 0 saturated heterocycles. The number of nitrogens with zero attached hydrogens (tertiary/aromatic N) is 2. The second-order valence-corrected chi connectivity index (χ2v) is 5.51. The van der Waals surface area contributed by atoms with E-state index < -0.39 is 0 Å². The number of aromatic nitrogens is 2. The molecule has 3 N–H and O–H groups in total. The molecule has 19 heavy (non-hydrogen) atoms. The number of anilines is 1. The number of nitrogens with two attached hydrogens (primary N) is 1. The van der Waals surface area contributed by atoms with Gasteiger partial charge < -0.3 is 11.1 Å². The summed E-state index contributed by atoms with van der Waals surface area (Å²) in [5.41, 5.74) is 9.00. The lowest BCUT2D eigenvalue weighted by atomic mass is 10.1. The largest absolute Gasteiger partial charge is 0.352 e. The van der Waals surface area contributed by atoms with Gasteiger partial charge in [0.2, 0.25) is 5.95 Å². The van der Waals surface area contributed by atoms with Crippen LogP contribution in [0.3, 0.4) is 0 Å². The average molecular weight is 256 g/mol. The minimum absolute atomic E-state index is 0.279. The van der Waals surface area contributed by atoms with Crippen molar-refractivity contribution in [2.75, 3.05) is 11.9 Å². The van der Waals surface area contributed by atoms with Crippen LogP contribution in [-0.4, -0.2) is 22.1 Å². The fraction of sp³-hybridized carbons (Fsp3) is 0.333. The number of benzene rings is 1. The first-order valence-electron chi connectivity index (χ1n) is 6.36. The van der Waals surface area contributed by atoms with Crippen molar-refractivity contribution >= 4 is 5.95 Å². The predicted molar refractivity (Wildman–Crippen MR) is 79.0 cm³/mol. The van der Waals surface area contributed by atoms with Gasteiger partial charge in [-0.1, -0.05) is 29.8 Å². The average Bonchev–Trinajstić information content (AvgIpc) is 2.36. The molecule has 0 aliphatic heterocycles. The van der Waals surface area contributed by atoms with Gasteiger partial charge in [0, 0.05) is 30.0 Å². The molecule has 4 nitrogen and oxygen atoms in total. The monoisotopic (exact) mass is 256 g/mol. The van der Waals surface area contributed by atoms with Crippen molar-refractivity contribution < 1.29 is 0 Å². The Morgan fingerprint density at radius 2 is 1.84 bits per heavy atom. The fourth-order valence-electron chi connectivity index (χ4n) is 1.70. The molecule has 0 fully saturated rings. The van der Waals surface area contributed by atoms with Gasteiger partial charge in [-0.25, -0.2) is 9.97 Å². The maximum absolute atomic E-state index is 5.90. The van der Waals surface area contributed by atoms with E-state index in [4.69, 9.17) is 5.73 Å². The van der Waals surface area contributed by atoms with Crippen LogP contribution in [0.1, 0.15) is 19.4 Å². The normalized spacial score (nSPS) is 11.4. The van der Waals surface area contributed by atoms with Gasteiger partial charge in [0.25, 0.3) is 0 Å². The van der Waals surface area contributed by atoms with E-state index in [1.165, 1.54) is 5.56 Å². The zero-order valence-corrected chi connectivity index (χ0v) is 11.6.